The summed E-state index contributed by atoms with van der Waals surface area (Å²) >= 11 is 1.15. The molecule has 0 radical (unpaired) electrons. The fourth-order valence-corrected chi connectivity index (χ4v) is 4.08. The number of unbranched alkanes of at least 4 members (excludes halogenated alkanes) is 5. The molecule has 0 fully saturated rings. The van der Waals surface area contributed by atoms with Crippen LogP contribution in [0.3, 0.4) is 0 Å². The van der Waals surface area contributed by atoms with Gasteiger partial charge in [0, 0.05) is 6.54 Å². The highest BCUT2D eigenvalue weighted by Gasteiger charge is 2.15. The Morgan fingerprint density at radius 3 is 2.53 bits per heavy atom. The van der Waals surface area contributed by atoms with Gasteiger partial charge in [0.15, 0.2) is 0 Å². The van der Waals surface area contributed by atoms with Crippen molar-refractivity contribution in [2.45, 2.75) is 56.3 Å². The lowest BCUT2D eigenvalue weighted by molar-refractivity contribution is 0.282. The van der Waals surface area contributed by atoms with E-state index >= 15 is 0 Å². The van der Waals surface area contributed by atoms with Crippen LogP contribution < -0.4 is 4.72 Å². The molecule has 2 N–H and O–H groups in total. The van der Waals surface area contributed by atoms with Gasteiger partial charge in [-0.05, 0) is 23.4 Å². The molecular weight excluding hydrogens is 282 g/mol. The Morgan fingerprint density at radius 1 is 1.21 bits per heavy atom. The molecule has 0 aliphatic carbocycles. The maximum atomic E-state index is 11.9. The van der Waals surface area contributed by atoms with E-state index in [0.717, 1.165) is 24.2 Å². The van der Waals surface area contributed by atoms with Crippen molar-refractivity contribution in [3.63, 3.8) is 0 Å². The van der Waals surface area contributed by atoms with Crippen LogP contribution in [0, 0.1) is 0 Å². The highest BCUT2D eigenvalue weighted by atomic mass is 32.2. The Kier molecular flexibility index (Phi) is 7.60. The van der Waals surface area contributed by atoms with E-state index in [2.05, 4.69) is 11.6 Å². The number of hydrogen-bond acceptors (Lipinski definition) is 4. The summed E-state index contributed by atoms with van der Waals surface area (Å²) in [4.78, 5) is 0. The smallest absolute Gasteiger partial charge is 0.250 e. The average Bonchev–Trinajstić information content (AvgIpc) is 2.87. The summed E-state index contributed by atoms with van der Waals surface area (Å²) in [5, 5.41) is 10.6. The van der Waals surface area contributed by atoms with Crippen LogP contribution in [0.25, 0.3) is 0 Å². The molecule has 19 heavy (non-hydrogen) atoms. The van der Waals surface area contributed by atoms with Gasteiger partial charge in [0.1, 0.15) is 4.21 Å². The maximum absolute atomic E-state index is 11.9. The van der Waals surface area contributed by atoms with Crippen LogP contribution in [0.1, 0.15) is 51.0 Å². The number of aliphatic hydroxyl groups excluding tert-OH is 1. The van der Waals surface area contributed by atoms with E-state index in [4.69, 9.17) is 5.11 Å². The van der Waals surface area contributed by atoms with Crippen molar-refractivity contribution in [3.05, 3.63) is 17.0 Å². The predicted octanol–water partition coefficient (Wildman–Crippen LogP) is 2.88. The zero-order valence-corrected chi connectivity index (χ0v) is 13.0. The molecule has 0 spiro atoms. The van der Waals surface area contributed by atoms with Gasteiger partial charge in [-0.1, -0.05) is 39.0 Å². The number of thiophene rings is 1. The van der Waals surface area contributed by atoms with E-state index in [0.29, 0.717) is 12.1 Å². The van der Waals surface area contributed by atoms with Crippen LogP contribution in [0.15, 0.2) is 15.7 Å². The summed E-state index contributed by atoms with van der Waals surface area (Å²) < 4.78 is 26.7. The van der Waals surface area contributed by atoms with Crippen LogP contribution in [-0.2, 0) is 16.6 Å². The van der Waals surface area contributed by atoms with Gasteiger partial charge in [0.25, 0.3) is 0 Å². The summed E-state index contributed by atoms with van der Waals surface area (Å²) in [6.45, 7) is 2.54. The Hall–Kier alpha value is -0.430. The van der Waals surface area contributed by atoms with Gasteiger partial charge in [0.05, 0.1) is 6.61 Å². The molecule has 4 nitrogen and oxygen atoms in total. The van der Waals surface area contributed by atoms with Gasteiger partial charge in [-0.3, -0.25) is 0 Å². The second-order valence-corrected chi connectivity index (χ2v) is 7.50. The van der Waals surface area contributed by atoms with Gasteiger partial charge in [-0.15, -0.1) is 11.3 Å². The van der Waals surface area contributed by atoms with Crippen LogP contribution in [0.5, 0.6) is 0 Å². The Labute approximate surface area is 119 Å². The zero-order chi connectivity index (χ0) is 14.1. The molecule has 0 aromatic carbocycles. The van der Waals surface area contributed by atoms with Crippen molar-refractivity contribution in [2.75, 3.05) is 6.54 Å². The fourth-order valence-electron chi connectivity index (χ4n) is 1.76. The van der Waals surface area contributed by atoms with Crippen LogP contribution in [0.4, 0.5) is 0 Å². The molecule has 1 aromatic heterocycles. The van der Waals surface area contributed by atoms with Gasteiger partial charge in [-0.2, -0.15) is 0 Å². The molecule has 0 saturated carbocycles. The van der Waals surface area contributed by atoms with E-state index in [1.165, 1.54) is 31.7 Å². The van der Waals surface area contributed by atoms with Crippen molar-refractivity contribution in [1.82, 2.24) is 4.72 Å². The van der Waals surface area contributed by atoms with E-state index < -0.39 is 10.0 Å². The Bertz CT molecular complexity index is 454. The van der Waals surface area contributed by atoms with Crippen molar-refractivity contribution in [2.24, 2.45) is 0 Å². The molecule has 6 heteroatoms. The first-order valence-corrected chi connectivity index (χ1v) is 9.14. The lowest BCUT2D eigenvalue weighted by atomic mass is 10.1. The first kappa shape index (κ1) is 16.6. The molecule has 1 rings (SSSR count). The normalized spacial score (nSPS) is 11.9. The molecule has 0 saturated heterocycles. The van der Waals surface area contributed by atoms with Gasteiger partial charge in [-0.25, -0.2) is 13.1 Å². The number of hydrogen-bond donors (Lipinski definition) is 2. The largest absolute Gasteiger partial charge is 0.392 e. The standard InChI is InChI=1S/C13H23NO3S2/c1-2-3-4-5-6-7-8-14-19(16,17)13-9-12(10-15)11-18-13/h9,11,14-15H,2-8,10H2,1H3. The molecule has 110 valence electrons. The third kappa shape index (κ3) is 6.03. The summed E-state index contributed by atoms with van der Waals surface area (Å²) in [6, 6.07) is 1.52. The minimum atomic E-state index is -3.39. The fraction of sp³-hybridized carbons (Fsp3) is 0.692. The number of aliphatic hydroxyl groups is 1. The zero-order valence-electron chi connectivity index (χ0n) is 11.4. The van der Waals surface area contributed by atoms with Gasteiger partial charge in [0.2, 0.25) is 10.0 Å². The third-order valence-electron chi connectivity index (χ3n) is 2.90. The lowest BCUT2D eigenvalue weighted by Gasteiger charge is -2.04. The highest BCUT2D eigenvalue weighted by Crippen LogP contribution is 2.20. The van der Waals surface area contributed by atoms with E-state index in [1.807, 2.05) is 0 Å². The molecule has 1 heterocycles. The minimum Gasteiger partial charge on any atom is -0.392 e. The maximum Gasteiger partial charge on any atom is 0.250 e. The van der Waals surface area contributed by atoms with E-state index in [1.54, 1.807) is 5.38 Å². The predicted molar refractivity (Wildman–Crippen MR) is 78.8 cm³/mol. The molecule has 0 aliphatic heterocycles. The SMILES string of the molecule is CCCCCCCCNS(=O)(=O)c1cc(CO)cs1. The molecule has 1 aromatic rings. The van der Waals surface area contributed by atoms with Gasteiger partial charge >= 0.3 is 0 Å². The summed E-state index contributed by atoms with van der Waals surface area (Å²) in [5.41, 5.74) is 0.643. The lowest BCUT2D eigenvalue weighted by Crippen LogP contribution is -2.24. The number of sulfonamides is 1. The summed E-state index contributed by atoms with van der Waals surface area (Å²) in [7, 11) is -3.39. The quantitative estimate of drug-likeness (QED) is 0.653. The van der Waals surface area contributed by atoms with Gasteiger partial charge < -0.3 is 5.11 Å². The van der Waals surface area contributed by atoms with E-state index in [-0.39, 0.29) is 10.8 Å². The van der Waals surface area contributed by atoms with Crippen molar-refractivity contribution < 1.29 is 13.5 Å². The minimum absolute atomic E-state index is 0.122. The molecule has 0 aliphatic rings. The number of rotatable bonds is 10. The summed E-state index contributed by atoms with van der Waals surface area (Å²) in [5.74, 6) is 0. The third-order valence-corrected chi connectivity index (χ3v) is 5.85. The second-order valence-electron chi connectivity index (χ2n) is 4.60. The van der Waals surface area contributed by atoms with Crippen molar-refractivity contribution in [1.29, 1.82) is 0 Å². The van der Waals surface area contributed by atoms with E-state index in [9.17, 15) is 8.42 Å². The summed E-state index contributed by atoms with van der Waals surface area (Å²) in [6.07, 6.45) is 6.82. The first-order chi connectivity index (χ1) is 9.10. The molecular formula is C13H23NO3S2. The molecule has 0 amide bonds. The Balaban J connectivity index is 2.27. The van der Waals surface area contributed by atoms with Crippen LogP contribution in [-0.4, -0.2) is 20.1 Å². The number of nitrogens with one attached hydrogen (secondary N) is 1. The van der Waals surface area contributed by atoms with Crippen LogP contribution in [0.2, 0.25) is 0 Å². The van der Waals surface area contributed by atoms with Crippen molar-refractivity contribution >= 4 is 21.4 Å². The molecule has 0 atom stereocenters. The first-order valence-electron chi connectivity index (χ1n) is 6.78. The van der Waals surface area contributed by atoms with Crippen molar-refractivity contribution in [3.8, 4) is 0 Å². The van der Waals surface area contributed by atoms with Crippen LogP contribution >= 0.6 is 11.3 Å². The topological polar surface area (TPSA) is 66.4 Å². The average molecular weight is 305 g/mol. The monoisotopic (exact) mass is 305 g/mol. The molecule has 0 bridgehead atoms. The Morgan fingerprint density at radius 2 is 1.89 bits per heavy atom. The second kappa shape index (κ2) is 8.68. The highest BCUT2D eigenvalue weighted by molar-refractivity contribution is 7.91. The molecule has 0 unspecified atom stereocenters.